The Bertz CT molecular complexity index is 346. The summed E-state index contributed by atoms with van der Waals surface area (Å²) in [5.41, 5.74) is 0.998. The molecule has 0 bridgehead atoms. The van der Waals surface area contributed by atoms with Gasteiger partial charge in [0.2, 0.25) is 0 Å². The van der Waals surface area contributed by atoms with Crippen LogP contribution in [0, 0.1) is 0 Å². The summed E-state index contributed by atoms with van der Waals surface area (Å²) in [7, 11) is 0. The molecule has 1 fully saturated rings. The van der Waals surface area contributed by atoms with Gasteiger partial charge in [-0.2, -0.15) is 0 Å². The number of hydrogen-bond donors (Lipinski definition) is 1. The lowest BCUT2D eigenvalue weighted by atomic mass is 10.1. The van der Waals surface area contributed by atoms with Crippen LogP contribution in [0.25, 0.3) is 0 Å². The molecule has 2 rings (SSSR count). The van der Waals surface area contributed by atoms with Gasteiger partial charge < -0.3 is 10.0 Å². The molecule has 0 aliphatic carbocycles. The number of pyridine rings is 1. The second-order valence-corrected chi connectivity index (χ2v) is 4.61. The van der Waals surface area contributed by atoms with Crippen LogP contribution >= 0.6 is 11.6 Å². The molecule has 0 saturated carbocycles. The summed E-state index contributed by atoms with van der Waals surface area (Å²) >= 11 is 6.15. The Morgan fingerprint density at radius 2 is 2.31 bits per heavy atom. The number of rotatable bonds is 2. The van der Waals surface area contributed by atoms with Crippen molar-refractivity contribution in [3.8, 4) is 0 Å². The Balaban J connectivity index is 2.25. The topological polar surface area (TPSA) is 36.4 Å². The van der Waals surface area contributed by atoms with E-state index in [1.165, 1.54) is 12.8 Å². The highest BCUT2D eigenvalue weighted by Gasteiger charge is 2.21. The normalized spacial score (nSPS) is 21.9. The van der Waals surface area contributed by atoms with Crippen LogP contribution in [0.1, 0.15) is 25.7 Å². The fourth-order valence-corrected chi connectivity index (χ4v) is 2.51. The predicted octanol–water partition coefficient (Wildman–Crippen LogP) is 2.48. The first kappa shape index (κ1) is 11.7. The Morgan fingerprint density at radius 1 is 1.44 bits per heavy atom. The third-order valence-electron chi connectivity index (χ3n) is 3.15. The maximum Gasteiger partial charge on any atom is 0.0822 e. The first-order valence-electron chi connectivity index (χ1n) is 5.80. The van der Waals surface area contributed by atoms with E-state index >= 15 is 0 Å². The number of aliphatic hydroxyl groups is 1. The SMILES string of the molecule is OCC1CCCCCN1c1ccncc1Cl. The van der Waals surface area contributed by atoms with Gasteiger partial charge >= 0.3 is 0 Å². The highest BCUT2D eigenvalue weighted by Crippen LogP contribution is 2.29. The van der Waals surface area contributed by atoms with Crippen LogP contribution in [-0.4, -0.2) is 29.3 Å². The monoisotopic (exact) mass is 240 g/mol. The molecule has 1 aromatic heterocycles. The molecule has 1 unspecified atom stereocenters. The summed E-state index contributed by atoms with van der Waals surface area (Å²) in [6, 6.07) is 2.12. The molecule has 1 saturated heterocycles. The van der Waals surface area contributed by atoms with Crippen molar-refractivity contribution in [2.75, 3.05) is 18.1 Å². The van der Waals surface area contributed by atoms with E-state index in [1.807, 2.05) is 6.07 Å². The molecule has 3 nitrogen and oxygen atoms in total. The maximum absolute atomic E-state index is 9.44. The van der Waals surface area contributed by atoms with Gasteiger partial charge in [-0.3, -0.25) is 4.98 Å². The van der Waals surface area contributed by atoms with Gasteiger partial charge in [0.15, 0.2) is 0 Å². The molecular weight excluding hydrogens is 224 g/mol. The van der Waals surface area contributed by atoms with Crippen molar-refractivity contribution in [3.63, 3.8) is 0 Å². The lowest BCUT2D eigenvalue weighted by Gasteiger charge is -2.31. The van der Waals surface area contributed by atoms with Crippen LogP contribution in [-0.2, 0) is 0 Å². The van der Waals surface area contributed by atoms with Gasteiger partial charge in [-0.05, 0) is 18.9 Å². The number of nitrogens with zero attached hydrogens (tertiary/aromatic N) is 2. The summed E-state index contributed by atoms with van der Waals surface area (Å²) in [6.45, 7) is 1.16. The smallest absolute Gasteiger partial charge is 0.0822 e. The minimum absolute atomic E-state index is 0.193. The Hall–Kier alpha value is -0.800. The Kier molecular flexibility index (Phi) is 4.02. The van der Waals surface area contributed by atoms with Gasteiger partial charge in [0.05, 0.1) is 23.4 Å². The van der Waals surface area contributed by atoms with E-state index in [0.717, 1.165) is 25.1 Å². The van der Waals surface area contributed by atoms with Crippen molar-refractivity contribution in [3.05, 3.63) is 23.5 Å². The van der Waals surface area contributed by atoms with E-state index in [1.54, 1.807) is 12.4 Å². The molecule has 88 valence electrons. The zero-order valence-electron chi connectivity index (χ0n) is 9.27. The zero-order valence-corrected chi connectivity index (χ0v) is 10.0. The average molecular weight is 241 g/mol. The van der Waals surface area contributed by atoms with Crippen LogP contribution in [0.4, 0.5) is 5.69 Å². The molecule has 0 aromatic carbocycles. The van der Waals surface area contributed by atoms with Crippen molar-refractivity contribution in [2.45, 2.75) is 31.7 Å². The van der Waals surface area contributed by atoms with Gasteiger partial charge in [-0.15, -0.1) is 0 Å². The standard InChI is InChI=1S/C12H17ClN2O/c13-11-8-14-6-5-12(11)15-7-3-1-2-4-10(15)9-16/h5-6,8,10,16H,1-4,7,9H2. The number of aromatic nitrogens is 1. The summed E-state index contributed by atoms with van der Waals surface area (Å²) in [5, 5.41) is 10.1. The van der Waals surface area contributed by atoms with E-state index in [9.17, 15) is 5.11 Å². The van der Waals surface area contributed by atoms with E-state index in [-0.39, 0.29) is 12.6 Å². The summed E-state index contributed by atoms with van der Waals surface area (Å²) in [5.74, 6) is 0. The number of aliphatic hydroxyl groups excluding tert-OH is 1. The Labute approximate surface area is 101 Å². The first-order chi connectivity index (χ1) is 7.83. The van der Waals surface area contributed by atoms with Crippen molar-refractivity contribution < 1.29 is 5.11 Å². The van der Waals surface area contributed by atoms with Crippen molar-refractivity contribution in [1.82, 2.24) is 4.98 Å². The molecule has 1 aliphatic rings. The lowest BCUT2D eigenvalue weighted by Crippen LogP contribution is -2.37. The van der Waals surface area contributed by atoms with Gasteiger partial charge in [0.25, 0.3) is 0 Å². The second-order valence-electron chi connectivity index (χ2n) is 4.21. The van der Waals surface area contributed by atoms with Crippen molar-refractivity contribution in [2.24, 2.45) is 0 Å². The van der Waals surface area contributed by atoms with Gasteiger partial charge in [0.1, 0.15) is 0 Å². The zero-order chi connectivity index (χ0) is 11.4. The van der Waals surface area contributed by atoms with Crippen LogP contribution in [0.5, 0.6) is 0 Å². The highest BCUT2D eigenvalue weighted by atomic mass is 35.5. The van der Waals surface area contributed by atoms with E-state index in [4.69, 9.17) is 11.6 Å². The molecule has 1 N–H and O–H groups in total. The molecule has 1 atom stereocenters. The van der Waals surface area contributed by atoms with E-state index < -0.39 is 0 Å². The fourth-order valence-electron chi connectivity index (χ4n) is 2.29. The van der Waals surface area contributed by atoms with Gasteiger partial charge in [0, 0.05) is 18.9 Å². The molecule has 4 heteroatoms. The third-order valence-corrected chi connectivity index (χ3v) is 3.44. The first-order valence-corrected chi connectivity index (χ1v) is 6.17. The van der Waals surface area contributed by atoms with Crippen LogP contribution < -0.4 is 4.90 Å². The second kappa shape index (κ2) is 5.51. The fraction of sp³-hybridized carbons (Fsp3) is 0.583. The Morgan fingerprint density at radius 3 is 3.06 bits per heavy atom. The molecule has 16 heavy (non-hydrogen) atoms. The number of anilines is 1. The minimum atomic E-state index is 0.193. The molecule has 1 aromatic rings. The summed E-state index contributed by atoms with van der Waals surface area (Å²) in [4.78, 5) is 6.21. The van der Waals surface area contributed by atoms with Crippen LogP contribution in [0.3, 0.4) is 0 Å². The molecule has 0 radical (unpaired) electrons. The minimum Gasteiger partial charge on any atom is -0.394 e. The molecule has 0 amide bonds. The van der Waals surface area contributed by atoms with Crippen LogP contribution in [0.15, 0.2) is 18.5 Å². The molecule has 0 spiro atoms. The van der Waals surface area contributed by atoms with Crippen molar-refractivity contribution >= 4 is 17.3 Å². The number of hydrogen-bond acceptors (Lipinski definition) is 3. The predicted molar refractivity (Wildman–Crippen MR) is 65.9 cm³/mol. The lowest BCUT2D eigenvalue weighted by molar-refractivity contribution is 0.255. The van der Waals surface area contributed by atoms with Gasteiger partial charge in [-0.25, -0.2) is 0 Å². The molecule has 1 aliphatic heterocycles. The third kappa shape index (κ3) is 2.47. The quantitative estimate of drug-likeness (QED) is 0.863. The molecule has 2 heterocycles. The van der Waals surface area contributed by atoms with E-state index in [2.05, 4.69) is 9.88 Å². The highest BCUT2D eigenvalue weighted by molar-refractivity contribution is 6.33. The van der Waals surface area contributed by atoms with Crippen molar-refractivity contribution in [1.29, 1.82) is 0 Å². The van der Waals surface area contributed by atoms with Gasteiger partial charge in [-0.1, -0.05) is 24.4 Å². The largest absolute Gasteiger partial charge is 0.394 e. The summed E-state index contributed by atoms with van der Waals surface area (Å²) < 4.78 is 0. The number of halogens is 1. The molecular formula is C12H17ClN2O. The summed E-state index contributed by atoms with van der Waals surface area (Å²) in [6.07, 6.45) is 8.03. The van der Waals surface area contributed by atoms with E-state index in [0.29, 0.717) is 5.02 Å². The maximum atomic E-state index is 9.44. The average Bonchev–Trinajstić information content (AvgIpc) is 2.54. The van der Waals surface area contributed by atoms with Crippen LogP contribution in [0.2, 0.25) is 5.02 Å².